The second-order valence-corrected chi connectivity index (χ2v) is 4.40. The van der Waals surface area contributed by atoms with Crippen LogP contribution in [-0.2, 0) is 5.54 Å². The summed E-state index contributed by atoms with van der Waals surface area (Å²) in [5.74, 6) is -4.11. The van der Waals surface area contributed by atoms with Crippen LogP contribution < -0.4 is 5.73 Å². The molecule has 7 heteroatoms. The molecule has 0 aliphatic heterocycles. The highest BCUT2D eigenvalue weighted by Crippen LogP contribution is 2.23. The van der Waals surface area contributed by atoms with Gasteiger partial charge in [0.15, 0.2) is 17.5 Å². The fourth-order valence-electron chi connectivity index (χ4n) is 1.29. The SMILES string of the molecule is CC(C)(N)c1nc(-c2cc(F)c(F)c(F)c2)no1. The lowest BCUT2D eigenvalue weighted by Gasteiger charge is -2.10. The number of hydrogen-bond donors (Lipinski definition) is 1. The van der Waals surface area contributed by atoms with E-state index in [1.54, 1.807) is 13.8 Å². The van der Waals surface area contributed by atoms with E-state index in [2.05, 4.69) is 10.1 Å². The fraction of sp³-hybridized carbons (Fsp3) is 0.273. The van der Waals surface area contributed by atoms with Gasteiger partial charge in [-0.15, -0.1) is 0 Å². The van der Waals surface area contributed by atoms with Crippen LogP contribution in [0.3, 0.4) is 0 Å². The first-order chi connectivity index (χ1) is 8.29. The van der Waals surface area contributed by atoms with E-state index < -0.39 is 23.0 Å². The highest BCUT2D eigenvalue weighted by Gasteiger charge is 2.23. The zero-order chi connectivity index (χ0) is 13.5. The summed E-state index contributed by atoms with van der Waals surface area (Å²) < 4.78 is 43.7. The second kappa shape index (κ2) is 4.09. The van der Waals surface area contributed by atoms with Gasteiger partial charge in [-0.2, -0.15) is 4.98 Å². The lowest BCUT2D eigenvalue weighted by molar-refractivity contribution is 0.312. The molecule has 0 bridgehead atoms. The Morgan fingerprint density at radius 1 is 1.17 bits per heavy atom. The lowest BCUT2D eigenvalue weighted by Crippen LogP contribution is -2.28. The summed E-state index contributed by atoms with van der Waals surface area (Å²) in [4.78, 5) is 3.91. The van der Waals surface area contributed by atoms with E-state index in [9.17, 15) is 13.2 Å². The second-order valence-electron chi connectivity index (χ2n) is 4.40. The third-order valence-corrected chi connectivity index (χ3v) is 2.22. The van der Waals surface area contributed by atoms with Crippen LogP contribution in [0.15, 0.2) is 16.7 Å². The van der Waals surface area contributed by atoms with Gasteiger partial charge in [0.1, 0.15) is 0 Å². The van der Waals surface area contributed by atoms with Crippen molar-refractivity contribution in [3.05, 3.63) is 35.5 Å². The van der Waals surface area contributed by atoms with E-state index in [0.717, 1.165) is 12.1 Å². The Morgan fingerprint density at radius 3 is 2.17 bits per heavy atom. The molecule has 96 valence electrons. The molecule has 2 rings (SSSR count). The highest BCUT2D eigenvalue weighted by atomic mass is 19.2. The molecular formula is C11H10F3N3O. The number of benzene rings is 1. The minimum Gasteiger partial charge on any atom is -0.337 e. The summed E-state index contributed by atoms with van der Waals surface area (Å²) in [6.45, 7) is 3.27. The topological polar surface area (TPSA) is 64.9 Å². The molecule has 18 heavy (non-hydrogen) atoms. The molecule has 2 aromatic rings. The Labute approximate surface area is 101 Å². The monoisotopic (exact) mass is 257 g/mol. The Kier molecular flexibility index (Phi) is 2.86. The first kappa shape index (κ1) is 12.6. The Morgan fingerprint density at radius 2 is 1.72 bits per heavy atom. The number of nitrogens with zero attached hydrogens (tertiary/aromatic N) is 2. The zero-order valence-electron chi connectivity index (χ0n) is 9.67. The van der Waals surface area contributed by atoms with Gasteiger partial charge in [-0.05, 0) is 26.0 Å². The van der Waals surface area contributed by atoms with Crippen molar-refractivity contribution in [3.8, 4) is 11.4 Å². The van der Waals surface area contributed by atoms with Gasteiger partial charge in [0.2, 0.25) is 11.7 Å². The van der Waals surface area contributed by atoms with Crippen LogP contribution in [0.4, 0.5) is 13.2 Å². The van der Waals surface area contributed by atoms with Crippen molar-refractivity contribution in [1.29, 1.82) is 0 Å². The molecule has 0 aliphatic carbocycles. The van der Waals surface area contributed by atoms with Gasteiger partial charge in [-0.3, -0.25) is 0 Å². The highest BCUT2D eigenvalue weighted by molar-refractivity contribution is 5.54. The van der Waals surface area contributed by atoms with Crippen LogP contribution >= 0.6 is 0 Å². The van der Waals surface area contributed by atoms with Gasteiger partial charge in [0, 0.05) is 5.56 Å². The third-order valence-electron chi connectivity index (χ3n) is 2.22. The number of aromatic nitrogens is 2. The summed E-state index contributed by atoms with van der Waals surface area (Å²) in [5.41, 5.74) is 4.83. The molecular weight excluding hydrogens is 247 g/mol. The quantitative estimate of drug-likeness (QED) is 0.839. The zero-order valence-corrected chi connectivity index (χ0v) is 9.67. The molecule has 4 nitrogen and oxygen atoms in total. The average molecular weight is 257 g/mol. The number of hydrogen-bond acceptors (Lipinski definition) is 4. The molecule has 0 saturated heterocycles. The van der Waals surface area contributed by atoms with Crippen LogP contribution in [0.1, 0.15) is 19.7 Å². The lowest BCUT2D eigenvalue weighted by atomic mass is 10.1. The average Bonchev–Trinajstić information content (AvgIpc) is 2.73. The molecule has 0 fully saturated rings. The van der Waals surface area contributed by atoms with Crippen LogP contribution in [0.5, 0.6) is 0 Å². The minimum absolute atomic E-state index is 0.0225. The molecule has 0 unspecified atom stereocenters. The van der Waals surface area contributed by atoms with Crippen molar-refractivity contribution in [2.45, 2.75) is 19.4 Å². The first-order valence-electron chi connectivity index (χ1n) is 5.07. The van der Waals surface area contributed by atoms with Crippen LogP contribution in [0.25, 0.3) is 11.4 Å². The number of nitrogens with two attached hydrogens (primary N) is 1. The van der Waals surface area contributed by atoms with E-state index in [4.69, 9.17) is 10.3 Å². The van der Waals surface area contributed by atoms with Crippen molar-refractivity contribution in [2.24, 2.45) is 5.73 Å². The van der Waals surface area contributed by atoms with E-state index in [1.807, 2.05) is 0 Å². The molecule has 0 aliphatic rings. The molecule has 2 N–H and O–H groups in total. The Balaban J connectivity index is 2.47. The summed E-state index contributed by atoms with van der Waals surface area (Å²) in [7, 11) is 0. The van der Waals surface area contributed by atoms with Crippen LogP contribution in [0.2, 0.25) is 0 Å². The van der Waals surface area contributed by atoms with Gasteiger partial charge >= 0.3 is 0 Å². The van der Waals surface area contributed by atoms with Crippen molar-refractivity contribution < 1.29 is 17.7 Å². The predicted molar refractivity (Wildman–Crippen MR) is 56.8 cm³/mol. The van der Waals surface area contributed by atoms with Crippen molar-refractivity contribution in [3.63, 3.8) is 0 Å². The smallest absolute Gasteiger partial charge is 0.246 e. The molecule has 0 atom stereocenters. The van der Waals surface area contributed by atoms with E-state index in [1.165, 1.54) is 0 Å². The maximum Gasteiger partial charge on any atom is 0.246 e. The largest absolute Gasteiger partial charge is 0.337 e. The van der Waals surface area contributed by atoms with Crippen molar-refractivity contribution in [1.82, 2.24) is 10.1 Å². The van der Waals surface area contributed by atoms with Crippen molar-refractivity contribution >= 4 is 0 Å². The molecule has 1 heterocycles. The molecule has 0 spiro atoms. The van der Waals surface area contributed by atoms with Crippen molar-refractivity contribution in [2.75, 3.05) is 0 Å². The van der Waals surface area contributed by atoms with Gasteiger partial charge in [-0.25, -0.2) is 13.2 Å². The number of rotatable bonds is 2. The predicted octanol–water partition coefficient (Wildman–Crippen LogP) is 2.35. The summed E-state index contributed by atoms with van der Waals surface area (Å²) >= 11 is 0. The molecule has 0 amide bonds. The maximum atomic E-state index is 13.0. The third kappa shape index (κ3) is 2.21. The van der Waals surface area contributed by atoms with Gasteiger partial charge in [-0.1, -0.05) is 5.16 Å². The molecule has 1 aromatic heterocycles. The summed E-state index contributed by atoms with van der Waals surface area (Å²) in [6.07, 6.45) is 0. The van der Waals surface area contributed by atoms with Gasteiger partial charge < -0.3 is 10.3 Å². The molecule has 1 aromatic carbocycles. The summed E-state index contributed by atoms with van der Waals surface area (Å²) in [6, 6.07) is 1.58. The number of halogens is 3. The first-order valence-corrected chi connectivity index (χ1v) is 5.07. The molecule has 0 radical (unpaired) electrons. The Bertz CT molecular complexity index is 566. The van der Waals surface area contributed by atoms with E-state index in [-0.39, 0.29) is 17.3 Å². The van der Waals surface area contributed by atoms with Gasteiger partial charge in [0.05, 0.1) is 5.54 Å². The van der Waals surface area contributed by atoms with E-state index in [0.29, 0.717) is 0 Å². The standard InChI is InChI=1S/C11H10F3N3O/c1-11(2,15)10-16-9(17-18-10)5-3-6(12)8(14)7(13)4-5/h3-4H,15H2,1-2H3. The molecule has 0 saturated carbocycles. The van der Waals surface area contributed by atoms with Crippen LogP contribution in [-0.4, -0.2) is 10.1 Å². The van der Waals surface area contributed by atoms with E-state index >= 15 is 0 Å². The minimum atomic E-state index is -1.54. The normalized spacial score (nSPS) is 11.9. The Hall–Kier alpha value is -1.89. The van der Waals surface area contributed by atoms with Crippen LogP contribution in [0, 0.1) is 17.5 Å². The van der Waals surface area contributed by atoms with Gasteiger partial charge in [0.25, 0.3) is 0 Å². The maximum absolute atomic E-state index is 13.0. The summed E-state index contributed by atoms with van der Waals surface area (Å²) in [5, 5.41) is 3.54. The fourth-order valence-corrected chi connectivity index (χ4v) is 1.29.